The maximum Gasteiger partial charge on any atom is 0.407 e. The number of ether oxygens (including phenoxy) is 1. The minimum Gasteiger partial charge on any atom is -0.481 e. The van der Waals surface area contributed by atoms with Gasteiger partial charge in [0.1, 0.15) is 12.6 Å². The predicted octanol–water partition coefficient (Wildman–Crippen LogP) is 2.81. The Kier molecular flexibility index (Phi) is 6.48. The summed E-state index contributed by atoms with van der Waals surface area (Å²) in [6.45, 7) is 3.45. The summed E-state index contributed by atoms with van der Waals surface area (Å²) in [7, 11) is 0. The molecule has 0 spiro atoms. The van der Waals surface area contributed by atoms with Crippen LogP contribution >= 0.6 is 0 Å². The number of rotatable bonds is 7. The number of amides is 2. The number of benzene rings is 2. The highest BCUT2D eigenvalue weighted by Crippen LogP contribution is 2.44. The van der Waals surface area contributed by atoms with Crippen molar-refractivity contribution < 1.29 is 24.2 Å². The summed E-state index contributed by atoms with van der Waals surface area (Å²) in [6.07, 6.45) is -1.55. The van der Waals surface area contributed by atoms with Crippen molar-refractivity contribution in [1.82, 2.24) is 20.5 Å². The molecule has 0 aliphatic heterocycles. The van der Waals surface area contributed by atoms with Crippen LogP contribution in [-0.4, -0.2) is 50.9 Å². The largest absolute Gasteiger partial charge is 0.481 e. The number of carboxylic acid groups (broad SMARTS) is 1. The van der Waals surface area contributed by atoms with E-state index in [0.717, 1.165) is 22.3 Å². The summed E-state index contributed by atoms with van der Waals surface area (Å²) in [5.41, 5.74) is 5.39. The fourth-order valence-corrected chi connectivity index (χ4v) is 3.87. The van der Waals surface area contributed by atoms with Gasteiger partial charge in [-0.25, -0.2) is 9.78 Å². The molecule has 10 nitrogen and oxygen atoms in total. The van der Waals surface area contributed by atoms with Gasteiger partial charge in [0.15, 0.2) is 0 Å². The number of hydrogen-bond donors (Lipinski definition) is 3. The fraction of sp³-hybridized carbons (Fsp3) is 0.250. The molecular formula is C24H23N5O5. The zero-order chi connectivity index (χ0) is 24.2. The van der Waals surface area contributed by atoms with Crippen LogP contribution < -0.4 is 10.6 Å². The molecule has 0 radical (unpaired) electrons. The van der Waals surface area contributed by atoms with Gasteiger partial charge in [-0.1, -0.05) is 48.5 Å². The molecule has 3 N–H and O–H groups in total. The Morgan fingerprint density at radius 2 is 1.59 bits per heavy atom. The van der Waals surface area contributed by atoms with Crippen molar-refractivity contribution in [2.75, 3.05) is 11.9 Å². The minimum atomic E-state index is -1.39. The number of fused-ring (bicyclic) bond motifs is 3. The second kappa shape index (κ2) is 9.65. The Hall–Kier alpha value is -4.34. The molecule has 1 unspecified atom stereocenters. The Bertz CT molecular complexity index is 1220. The first-order valence-corrected chi connectivity index (χ1v) is 10.7. The van der Waals surface area contributed by atoms with E-state index in [1.54, 1.807) is 13.8 Å². The SMILES string of the molecule is Cc1nnc(NC(=O)C(CC(=O)O)NC(=O)OCC2c3ccccc3-c3ccccc32)nc1C. The Morgan fingerprint density at radius 3 is 2.18 bits per heavy atom. The number of alkyl carbamates (subject to hydrolysis) is 1. The lowest BCUT2D eigenvalue weighted by Gasteiger charge is -2.18. The van der Waals surface area contributed by atoms with E-state index in [1.807, 2.05) is 48.5 Å². The topological polar surface area (TPSA) is 143 Å². The zero-order valence-corrected chi connectivity index (χ0v) is 18.6. The van der Waals surface area contributed by atoms with Crippen LogP contribution in [0.4, 0.5) is 10.7 Å². The molecule has 1 aromatic heterocycles. The van der Waals surface area contributed by atoms with Crippen LogP contribution in [0.5, 0.6) is 0 Å². The van der Waals surface area contributed by atoms with E-state index in [1.165, 1.54) is 0 Å². The van der Waals surface area contributed by atoms with Gasteiger partial charge in [-0.15, -0.1) is 5.10 Å². The molecule has 10 heteroatoms. The fourth-order valence-electron chi connectivity index (χ4n) is 3.87. The quantitative estimate of drug-likeness (QED) is 0.487. The number of nitrogens with one attached hydrogen (secondary N) is 2. The van der Waals surface area contributed by atoms with Gasteiger partial charge in [0, 0.05) is 5.92 Å². The molecule has 0 saturated carbocycles. The van der Waals surface area contributed by atoms with Gasteiger partial charge in [0.25, 0.3) is 0 Å². The smallest absolute Gasteiger partial charge is 0.407 e. The summed E-state index contributed by atoms with van der Waals surface area (Å²) < 4.78 is 5.42. The summed E-state index contributed by atoms with van der Waals surface area (Å²) in [5.74, 6) is -2.31. The number of anilines is 1. The van der Waals surface area contributed by atoms with Crippen LogP contribution in [0.1, 0.15) is 34.9 Å². The molecule has 0 saturated heterocycles. The number of hydrogen-bond acceptors (Lipinski definition) is 7. The van der Waals surface area contributed by atoms with Gasteiger partial charge in [-0.2, -0.15) is 5.10 Å². The predicted molar refractivity (Wildman–Crippen MR) is 122 cm³/mol. The standard InChI is InChI=1S/C24H23N5O5/c1-13-14(2)28-29-23(25-13)27-22(32)20(11-21(30)31)26-24(33)34-12-19-17-9-5-3-7-15(17)16-8-4-6-10-18(16)19/h3-10,19-20H,11-12H2,1-2H3,(H,26,33)(H,30,31)(H,25,27,29,32). The molecule has 0 bridgehead atoms. The van der Waals surface area contributed by atoms with Crippen molar-refractivity contribution in [3.05, 3.63) is 71.0 Å². The molecule has 1 aliphatic carbocycles. The second-order valence-corrected chi connectivity index (χ2v) is 7.92. The summed E-state index contributed by atoms with van der Waals surface area (Å²) in [5, 5.41) is 21.6. The van der Waals surface area contributed by atoms with Crippen LogP contribution in [0, 0.1) is 13.8 Å². The minimum absolute atomic E-state index is 0.0332. The molecule has 1 atom stereocenters. The van der Waals surface area contributed by atoms with E-state index < -0.39 is 30.4 Å². The van der Waals surface area contributed by atoms with Crippen LogP contribution in [0.15, 0.2) is 48.5 Å². The van der Waals surface area contributed by atoms with Crippen molar-refractivity contribution in [2.24, 2.45) is 0 Å². The maximum atomic E-state index is 12.6. The highest BCUT2D eigenvalue weighted by atomic mass is 16.5. The molecule has 1 heterocycles. The van der Waals surface area contributed by atoms with Gasteiger partial charge in [-0.05, 0) is 36.1 Å². The van der Waals surface area contributed by atoms with Crippen molar-refractivity contribution in [3.8, 4) is 11.1 Å². The number of aliphatic carboxylic acids is 1. The lowest BCUT2D eigenvalue weighted by molar-refractivity contribution is -0.139. The zero-order valence-electron chi connectivity index (χ0n) is 18.6. The third-order valence-corrected chi connectivity index (χ3v) is 5.66. The van der Waals surface area contributed by atoms with Crippen molar-refractivity contribution in [2.45, 2.75) is 32.2 Å². The number of aromatic nitrogens is 3. The van der Waals surface area contributed by atoms with E-state index >= 15 is 0 Å². The normalized spacial score (nSPS) is 12.9. The van der Waals surface area contributed by atoms with E-state index in [0.29, 0.717) is 11.4 Å². The van der Waals surface area contributed by atoms with Crippen LogP contribution in [0.25, 0.3) is 11.1 Å². The van der Waals surface area contributed by atoms with E-state index in [-0.39, 0.29) is 18.5 Å². The van der Waals surface area contributed by atoms with Gasteiger partial charge in [0.2, 0.25) is 11.9 Å². The van der Waals surface area contributed by atoms with Crippen LogP contribution in [-0.2, 0) is 14.3 Å². The molecule has 2 amide bonds. The van der Waals surface area contributed by atoms with Crippen molar-refractivity contribution >= 4 is 23.9 Å². The summed E-state index contributed by atoms with van der Waals surface area (Å²) >= 11 is 0. The Balaban J connectivity index is 1.43. The average molecular weight is 461 g/mol. The van der Waals surface area contributed by atoms with E-state index in [2.05, 4.69) is 25.8 Å². The molecular weight excluding hydrogens is 438 g/mol. The van der Waals surface area contributed by atoms with Gasteiger partial charge >= 0.3 is 12.1 Å². The summed E-state index contributed by atoms with van der Waals surface area (Å²) in [4.78, 5) is 40.5. The van der Waals surface area contributed by atoms with Crippen LogP contribution in [0.3, 0.4) is 0 Å². The first-order valence-electron chi connectivity index (χ1n) is 10.7. The number of carbonyl (C=O) groups excluding carboxylic acids is 2. The Morgan fingerprint density at radius 1 is 0.971 bits per heavy atom. The molecule has 174 valence electrons. The number of aryl methyl sites for hydroxylation is 2. The van der Waals surface area contributed by atoms with E-state index in [9.17, 15) is 19.5 Å². The lowest BCUT2D eigenvalue weighted by Crippen LogP contribution is -2.45. The number of carboxylic acids is 1. The molecule has 0 fully saturated rings. The van der Waals surface area contributed by atoms with Crippen molar-refractivity contribution in [1.29, 1.82) is 0 Å². The van der Waals surface area contributed by atoms with Gasteiger partial charge in [-0.3, -0.25) is 14.9 Å². The van der Waals surface area contributed by atoms with Gasteiger partial charge < -0.3 is 15.2 Å². The van der Waals surface area contributed by atoms with E-state index in [4.69, 9.17) is 4.74 Å². The Labute approximate surface area is 195 Å². The second-order valence-electron chi connectivity index (χ2n) is 7.92. The molecule has 2 aromatic carbocycles. The third kappa shape index (κ3) is 4.85. The number of carbonyl (C=O) groups is 3. The molecule has 1 aliphatic rings. The highest BCUT2D eigenvalue weighted by Gasteiger charge is 2.30. The summed E-state index contributed by atoms with van der Waals surface area (Å²) in [6, 6.07) is 14.4. The van der Waals surface area contributed by atoms with Crippen molar-refractivity contribution in [3.63, 3.8) is 0 Å². The van der Waals surface area contributed by atoms with Gasteiger partial charge in [0.05, 0.1) is 17.8 Å². The monoisotopic (exact) mass is 461 g/mol. The highest BCUT2D eigenvalue weighted by molar-refractivity contribution is 5.97. The first-order chi connectivity index (χ1) is 16.3. The third-order valence-electron chi connectivity index (χ3n) is 5.66. The average Bonchev–Trinajstić information content (AvgIpc) is 3.13. The molecule has 3 aromatic rings. The lowest BCUT2D eigenvalue weighted by atomic mass is 9.98. The first kappa shape index (κ1) is 22.8. The maximum absolute atomic E-state index is 12.6. The molecule has 34 heavy (non-hydrogen) atoms. The number of nitrogens with zero attached hydrogens (tertiary/aromatic N) is 3. The van der Waals surface area contributed by atoms with Crippen LogP contribution in [0.2, 0.25) is 0 Å². The molecule has 4 rings (SSSR count).